The van der Waals surface area contributed by atoms with Crippen molar-refractivity contribution >= 4 is 34.6 Å². The Morgan fingerprint density at radius 3 is 2.61 bits per heavy atom. The molecule has 0 bridgehead atoms. The van der Waals surface area contributed by atoms with Crippen LogP contribution in [0.25, 0.3) is 0 Å². The molecule has 0 radical (unpaired) electrons. The van der Waals surface area contributed by atoms with Gasteiger partial charge >= 0.3 is 6.18 Å². The summed E-state index contributed by atoms with van der Waals surface area (Å²) in [6.45, 7) is 7.04. The number of aryl methyl sites for hydroxylation is 1. The molecular formula is C21H25ClF3N3O2S. The molecule has 0 unspecified atom stereocenters. The lowest BCUT2D eigenvalue weighted by atomic mass is 10.2. The zero-order chi connectivity index (χ0) is 22.4. The normalized spacial score (nSPS) is 15.1. The first-order valence-corrected chi connectivity index (χ1v) is 10.8. The van der Waals surface area contributed by atoms with Crippen molar-refractivity contribution in [2.24, 2.45) is 0 Å². The molecule has 1 aromatic carbocycles. The fourth-order valence-electron chi connectivity index (χ4n) is 3.34. The highest BCUT2D eigenvalue weighted by Gasteiger charge is 2.33. The summed E-state index contributed by atoms with van der Waals surface area (Å²) in [5, 5.41) is 2.90. The van der Waals surface area contributed by atoms with Crippen LogP contribution in [0, 0.1) is 6.92 Å². The number of alkyl halides is 3. The van der Waals surface area contributed by atoms with Gasteiger partial charge in [0.2, 0.25) is 0 Å². The number of anilines is 1. The minimum Gasteiger partial charge on any atom is -0.464 e. The fraction of sp³-hybridized carbons (Fsp3) is 0.476. The van der Waals surface area contributed by atoms with Gasteiger partial charge in [0, 0.05) is 31.9 Å². The Bertz CT molecular complexity index is 885. The third kappa shape index (κ3) is 7.10. The lowest BCUT2D eigenvalue weighted by Gasteiger charge is -2.29. The molecule has 5 nitrogen and oxygen atoms in total. The Morgan fingerprint density at radius 2 is 1.97 bits per heavy atom. The molecule has 1 fully saturated rings. The van der Waals surface area contributed by atoms with Crippen LogP contribution in [0.15, 0.2) is 34.7 Å². The van der Waals surface area contributed by atoms with Gasteiger partial charge in [0.25, 0.3) is 0 Å². The Hall–Kier alpha value is -1.81. The second-order valence-corrected chi connectivity index (χ2v) is 8.16. The fourth-order valence-corrected chi connectivity index (χ4v) is 3.84. The Kier molecular flexibility index (Phi) is 8.21. The molecule has 1 aliphatic rings. The van der Waals surface area contributed by atoms with Crippen molar-refractivity contribution in [3.8, 4) is 0 Å². The van der Waals surface area contributed by atoms with E-state index in [-0.39, 0.29) is 10.7 Å². The van der Waals surface area contributed by atoms with Gasteiger partial charge in [-0.1, -0.05) is 11.6 Å². The maximum Gasteiger partial charge on any atom is 0.417 e. The van der Waals surface area contributed by atoms with Crippen LogP contribution in [0.4, 0.5) is 18.9 Å². The highest BCUT2D eigenvalue weighted by molar-refractivity contribution is 7.80. The van der Waals surface area contributed by atoms with Crippen molar-refractivity contribution in [1.29, 1.82) is 0 Å². The van der Waals surface area contributed by atoms with Gasteiger partial charge in [-0.15, -0.1) is 0 Å². The summed E-state index contributed by atoms with van der Waals surface area (Å²) < 4.78 is 50.6. The molecule has 0 spiro atoms. The maximum absolute atomic E-state index is 13.2. The number of benzene rings is 1. The Labute approximate surface area is 190 Å². The molecule has 1 aromatic heterocycles. The summed E-state index contributed by atoms with van der Waals surface area (Å²) in [5.74, 6) is 1.52. The maximum atomic E-state index is 13.2. The average molecular weight is 476 g/mol. The second-order valence-electron chi connectivity index (χ2n) is 7.36. The van der Waals surface area contributed by atoms with Crippen LogP contribution in [-0.4, -0.2) is 54.3 Å². The summed E-state index contributed by atoms with van der Waals surface area (Å²) in [6.07, 6.45) is -3.70. The van der Waals surface area contributed by atoms with E-state index < -0.39 is 11.7 Å². The van der Waals surface area contributed by atoms with Gasteiger partial charge in [-0.3, -0.25) is 4.90 Å². The highest BCUT2D eigenvalue weighted by Crippen LogP contribution is 2.36. The Morgan fingerprint density at radius 1 is 1.23 bits per heavy atom. The van der Waals surface area contributed by atoms with Gasteiger partial charge in [-0.05, 0) is 55.9 Å². The van der Waals surface area contributed by atoms with E-state index in [0.29, 0.717) is 18.2 Å². The topological polar surface area (TPSA) is 40.9 Å². The average Bonchev–Trinajstić information content (AvgIpc) is 3.13. The monoisotopic (exact) mass is 475 g/mol. The summed E-state index contributed by atoms with van der Waals surface area (Å²) in [7, 11) is 0. The van der Waals surface area contributed by atoms with Crippen molar-refractivity contribution in [2.75, 3.05) is 44.7 Å². The first-order chi connectivity index (χ1) is 14.7. The standard InChI is InChI=1S/C21H25ClF3N3O2S/c1-15-3-5-17(30-15)14-28(8-2-7-27-9-11-29-12-10-27)20(31)26-16-4-6-19(22)18(13-16)21(23,24)25/h3-6,13H,2,7-12,14H2,1H3,(H,26,31). The number of furan rings is 1. The van der Waals surface area contributed by atoms with Crippen molar-refractivity contribution in [2.45, 2.75) is 26.1 Å². The van der Waals surface area contributed by atoms with Crippen LogP contribution in [0.1, 0.15) is 23.5 Å². The second kappa shape index (κ2) is 10.7. The largest absolute Gasteiger partial charge is 0.464 e. The lowest BCUT2D eigenvalue weighted by molar-refractivity contribution is -0.137. The first-order valence-electron chi connectivity index (χ1n) is 10.0. The van der Waals surface area contributed by atoms with E-state index in [9.17, 15) is 13.2 Å². The van der Waals surface area contributed by atoms with Crippen LogP contribution < -0.4 is 5.32 Å². The number of nitrogens with zero attached hydrogens (tertiary/aromatic N) is 2. The van der Waals surface area contributed by atoms with Gasteiger partial charge in [-0.25, -0.2) is 0 Å². The summed E-state index contributed by atoms with van der Waals surface area (Å²) in [4.78, 5) is 4.22. The van der Waals surface area contributed by atoms with Gasteiger partial charge in [0.1, 0.15) is 11.5 Å². The predicted octanol–water partition coefficient (Wildman–Crippen LogP) is 5.18. The third-order valence-corrected chi connectivity index (χ3v) is 5.65. The van der Waals surface area contributed by atoms with E-state index in [0.717, 1.165) is 56.9 Å². The molecule has 10 heteroatoms. The minimum absolute atomic E-state index is 0.232. The minimum atomic E-state index is -4.54. The van der Waals surface area contributed by atoms with Crippen LogP contribution in [0.3, 0.4) is 0 Å². The zero-order valence-corrected chi connectivity index (χ0v) is 18.7. The number of nitrogens with one attached hydrogen (secondary N) is 1. The molecule has 2 aromatic rings. The van der Waals surface area contributed by atoms with E-state index in [1.54, 1.807) is 0 Å². The molecule has 170 valence electrons. The molecule has 0 aliphatic carbocycles. The highest BCUT2D eigenvalue weighted by atomic mass is 35.5. The molecule has 0 atom stereocenters. The van der Waals surface area contributed by atoms with E-state index >= 15 is 0 Å². The number of halogens is 4. The molecule has 1 saturated heterocycles. The van der Waals surface area contributed by atoms with E-state index in [1.807, 2.05) is 24.0 Å². The van der Waals surface area contributed by atoms with Gasteiger partial charge in [0.15, 0.2) is 5.11 Å². The van der Waals surface area contributed by atoms with Gasteiger partial charge < -0.3 is 19.4 Å². The quantitative estimate of drug-likeness (QED) is 0.556. The number of hydrogen-bond donors (Lipinski definition) is 1. The van der Waals surface area contributed by atoms with Gasteiger partial charge in [0.05, 0.1) is 30.3 Å². The Balaban J connectivity index is 1.67. The molecule has 0 amide bonds. The smallest absolute Gasteiger partial charge is 0.417 e. The van der Waals surface area contributed by atoms with Crippen molar-refractivity contribution in [3.63, 3.8) is 0 Å². The van der Waals surface area contributed by atoms with E-state index in [2.05, 4.69) is 10.2 Å². The van der Waals surface area contributed by atoms with Crippen molar-refractivity contribution in [1.82, 2.24) is 9.80 Å². The number of rotatable bonds is 7. The molecule has 0 saturated carbocycles. The molecule has 1 aliphatic heterocycles. The SMILES string of the molecule is Cc1ccc(CN(CCCN2CCOCC2)C(=S)Nc2ccc(Cl)c(C(F)(F)F)c2)o1. The van der Waals surface area contributed by atoms with Crippen LogP contribution in [-0.2, 0) is 17.5 Å². The lowest BCUT2D eigenvalue weighted by Crippen LogP contribution is -2.40. The van der Waals surface area contributed by atoms with Crippen molar-refractivity contribution in [3.05, 3.63) is 52.4 Å². The zero-order valence-electron chi connectivity index (χ0n) is 17.2. The van der Waals surface area contributed by atoms with Crippen LogP contribution in [0.5, 0.6) is 0 Å². The van der Waals surface area contributed by atoms with Crippen LogP contribution in [0.2, 0.25) is 5.02 Å². The predicted molar refractivity (Wildman–Crippen MR) is 118 cm³/mol. The molecular weight excluding hydrogens is 451 g/mol. The number of hydrogen-bond acceptors (Lipinski definition) is 4. The molecule has 3 rings (SSSR count). The number of ether oxygens (including phenoxy) is 1. The van der Waals surface area contributed by atoms with Gasteiger partial charge in [-0.2, -0.15) is 13.2 Å². The van der Waals surface area contributed by atoms with E-state index in [1.165, 1.54) is 12.1 Å². The number of morpholine rings is 1. The molecule has 31 heavy (non-hydrogen) atoms. The third-order valence-electron chi connectivity index (χ3n) is 4.96. The summed E-state index contributed by atoms with van der Waals surface area (Å²) in [6, 6.07) is 7.40. The molecule has 1 N–H and O–H groups in total. The summed E-state index contributed by atoms with van der Waals surface area (Å²) >= 11 is 11.2. The number of thiocarbonyl (C=S) groups is 1. The van der Waals surface area contributed by atoms with E-state index in [4.69, 9.17) is 33.0 Å². The molecule has 2 heterocycles. The van der Waals surface area contributed by atoms with Crippen LogP contribution >= 0.6 is 23.8 Å². The summed E-state index contributed by atoms with van der Waals surface area (Å²) in [5.41, 5.74) is -0.668. The first kappa shape index (κ1) is 23.8. The van der Waals surface area contributed by atoms with Crippen molar-refractivity contribution < 1.29 is 22.3 Å².